The number of carbonyl (C=O) groups is 2. The fourth-order valence-corrected chi connectivity index (χ4v) is 7.52. The highest BCUT2D eigenvalue weighted by molar-refractivity contribution is 7.17. The van der Waals surface area contributed by atoms with Crippen molar-refractivity contribution in [3.8, 4) is 32.6 Å². The lowest BCUT2D eigenvalue weighted by Gasteiger charge is -2.15. The molecule has 0 saturated carbocycles. The fraction of sp³-hybridized carbons (Fsp3) is 0.522. The molecule has 0 bridgehead atoms. The summed E-state index contributed by atoms with van der Waals surface area (Å²) in [4.78, 5) is 46.6. The molecule has 4 aromatic rings. The zero-order valence-corrected chi connectivity index (χ0v) is 38.7. The maximum absolute atomic E-state index is 12.5. The van der Waals surface area contributed by atoms with Crippen molar-refractivity contribution in [2.24, 2.45) is 11.8 Å². The van der Waals surface area contributed by atoms with Crippen LogP contribution >= 0.6 is 22.7 Å². The van der Waals surface area contributed by atoms with Crippen LogP contribution in [0.4, 0.5) is 11.4 Å². The molecule has 0 saturated heterocycles. The Morgan fingerprint density at radius 1 is 0.667 bits per heavy atom. The Bertz CT molecular complexity index is 2060. The number of hydrogen-bond acceptors (Lipinski definition) is 12. The summed E-state index contributed by atoms with van der Waals surface area (Å²) in [5.41, 5.74) is 3.77. The number of aryl methyl sites for hydroxylation is 2. The van der Waals surface area contributed by atoms with Gasteiger partial charge in [0.15, 0.2) is 0 Å². The normalized spacial score (nSPS) is 11.0. The molecule has 0 aliphatic rings. The summed E-state index contributed by atoms with van der Waals surface area (Å²) in [6.45, 7) is 36.6. The smallest absolute Gasteiger partial charge is 0.350 e. The van der Waals surface area contributed by atoms with Crippen molar-refractivity contribution >= 4 is 46.0 Å². The van der Waals surface area contributed by atoms with Gasteiger partial charge >= 0.3 is 11.9 Å². The first-order valence-corrected chi connectivity index (χ1v) is 22.3. The topological polar surface area (TPSA) is 112 Å². The molecule has 0 fully saturated rings. The van der Waals surface area contributed by atoms with Crippen molar-refractivity contribution in [3.05, 3.63) is 80.4 Å². The largest absolute Gasteiger partial charge is 0.504 e. The Labute approximate surface area is 365 Å². The zero-order chi connectivity index (χ0) is 44.2. The number of benzene rings is 2. The molecular weight excluding hydrogens is 797 g/mol. The molecule has 60 heavy (non-hydrogen) atoms. The van der Waals surface area contributed by atoms with Crippen LogP contribution in [-0.2, 0) is 9.47 Å². The van der Waals surface area contributed by atoms with Crippen LogP contribution in [0.15, 0.2) is 36.4 Å². The van der Waals surface area contributed by atoms with Gasteiger partial charge in [-0.2, -0.15) is 0 Å². The van der Waals surface area contributed by atoms with Crippen LogP contribution in [0.2, 0.25) is 0 Å². The molecule has 0 amide bonds. The minimum Gasteiger partial charge on any atom is -0.504 e. The number of unbranched alkanes of at least 4 members (excludes halogenated alkanes) is 1. The van der Waals surface area contributed by atoms with E-state index in [1.165, 1.54) is 35.5 Å². The van der Waals surface area contributed by atoms with Gasteiger partial charge in [-0.25, -0.2) is 29.2 Å². The van der Waals surface area contributed by atoms with Crippen LogP contribution in [0.5, 0.6) is 11.5 Å². The Morgan fingerprint density at radius 2 is 1.12 bits per heavy atom. The average Bonchev–Trinajstić information content (AvgIpc) is 3.82. The highest BCUT2D eigenvalue weighted by Gasteiger charge is 2.20. The lowest BCUT2D eigenvalue weighted by molar-refractivity contribution is 0.0474. The minimum atomic E-state index is -0.349. The average molecular weight is 859 g/mol. The van der Waals surface area contributed by atoms with Gasteiger partial charge < -0.3 is 28.7 Å². The van der Waals surface area contributed by atoms with Crippen LogP contribution in [0.25, 0.3) is 30.8 Å². The predicted octanol–water partition coefficient (Wildman–Crippen LogP) is 11.2. The van der Waals surface area contributed by atoms with Gasteiger partial charge in [-0.3, -0.25) is 0 Å². The molecule has 0 spiro atoms. The van der Waals surface area contributed by atoms with E-state index in [-0.39, 0.29) is 11.9 Å². The number of carbonyl (C=O) groups excluding carboxylic acids is 2. The molecular formula is C46H62N6O6S2. The lowest BCUT2D eigenvalue weighted by atomic mass is 10.2. The molecule has 0 radical (unpaired) electrons. The second-order valence-corrected chi connectivity index (χ2v) is 17.4. The Morgan fingerprint density at radius 3 is 1.55 bits per heavy atom. The number of esters is 2. The molecule has 2 heterocycles. The van der Waals surface area contributed by atoms with E-state index in [4.69, 9.17) is 32.1 Å². The zero-order valence-electron chi connectivity index (χ0n) is 37.1. The van der Waals surface area contributed by atoms with E-state index in [1.54, 1.807) is 31.2 Å². The van der Waals surface area contributed by atoms with Crippen LogP contribution in [0.3, 0.4) is 0 Å². The third kappa shape index (κ3) is 16.0. The van der Waals surface area contributed by atoms with Crippen molar-refractivity contribution in [3.63, 3.8) is 0 Å². The van der Waals surface area contributed by atoms with Gasteiger partial charge in [0.05, 0.1) is 44.4 Å². The van der Waals surface area contributed by atoms with Crippen LogP contribution < -0.4 is 9.47 Å². The molecule has 0 N–H and O–H groups in total. The Hall–Kier alpha value is -4.86. The van der Waals surface area contributed by atoms with E-state index in [2.05, 4.69) is 78.0 Å². The standard InChI is InChI=1S/C24H33N3O3S.C22H29N3O3S/c1-7-8-12-27(6)13-9-14-29-24(28)22-18(4)26-23(31-22)19-10-11-21(20(15-19)25-5)30-16-17(2)3;1-7-10-25(6)11-12-27-22(26)20-16(4)24-21(29-20)17-8-9-19(18(13-17)23-5)28-14-15(2)3/h10-11,15,17H,7-9,12-14,16H2,1-4,6H3;8-9,13,15H,7,10-12,14H2,1-4,6H3. The summed E-state index contributed by atoms with van der Waals surface area (Å²) in [7, 11) is 4.10. The summed E-state index contributed by atoms with van der Waals surface area (Å²) in [5, 5.41) is 1.39. The molecule has 0 atom stereocenters. The summed E-state index contributed by atoms with van der Waals surface area (Å²) in [5.74, 6) is 1.22. The van der Waals surface area contributed by atoms with Gasteiger partial charge in [-0.15, -0.1) is 22.7 Å². The lowest BCUT2D eigenvalue weighted by Crippen LogP contribution is -2.25. The van der Waals surface area contributed by atoms with Gasteiger partial charge in [0, 0.05) is 24.2 Å². The maximum atomic E-state index is 12.5. The second kappa shape index (κ2) is 25.7. The first-order chi connectivity index (χ1) is 28.7. The van der Waals surface area contributed by atoms with E-state index >= 15 is 0 Å². The molecule has 0 unspecified atom stereocenters. The molecule has 14 heteroatoms. The number of ether oxygens (including phenoxy) is 4. The number of rotatable bonds is 22. The van der Waals surface area contributed by atoms with Gasteiger partial charge in [0.25, 0.3) is 0 Å². The maximum Gasteiger partial charge on any atom is 0.350 e. The quantitative estimate of drug-likeness (QED) is 0.0430. The number of aromatic nitrogens is 2. The number of likely N-dealkylation sites (N-methyl/N-ethyl adjacent to an activating group) is 1. The summed E-state index contributed by atoms with van der Waals surface area (Å²) < 4.78 is 22.3. The van der Waals surface area contributed by atoms with Crippen molar-refractivity contribution in [2.75, 3.05) is 66.7 Å². The predicted molar refractivity (Wildman–Crippen MR) is 243 cm³/mol. The number of nitrogens with zero attached hydrogens (tertiary/aromatic N) is 6. The first kappa shape index (κ1) is 49.5. The van der Waals surface area contributed by atoms with E-state index in [0.29, 0.717) is 98.8 Å². The Balaban J connectivity index is 0.000000321. The highest BCUT2D eigenvalue weighted by Crippen LogP contribution is 2.37. The second-order valence-electron chi connectivity index (χ2n) is 15.5. The van der Waals surface area contributed by atoms with Gasteiger partial charge in [0.1, 0.15) is 37.9 Å². The SMILES string of the molecule is [C-]#[N+]c1cc(-c2nc(C)c(C(=O)OCCCN(C)CCCC)s2)ccc1OCC(C)C.[C-]#[N+]c1cc(-c2nc(C)c(C(=O)OCCN(C)CCC)s2)ccc1OCC(C)C. The molecule has 12 nitrogen and oxygen atoms in total. The number of hydrogen-bond donors (Lipinski definition) is 0. The molecule has 4 rings (SSSR count). The van der Waals surface area contributed by atoms with E-state index in [9.17, 15) is 9.59 Å². The monoisotopic (exact) mass is 858 g/mol. The fourth-order valence-electron chi connectivity index (χ4n) is 5.61. The van der Waals surface area contributed by atoms with Crippen molar-refractivity contribution < 1.29 is 28.5 Å². The molecule has 0 aliphatic heterocycles. The van der Waals surface area contributed by atoms with Gasteiger partial charge in [-0.1, -0.05) is 60.1 Å². The van der Waals surface area contributed by atoms with Crippen molar-refractivity contribution in [1.82, 2.24) is 19.8 Å². The third-order valence-electron chi connectivity index (χ3n) is 8.88. The minimum absolute atomic E-state index is 0.334. The van der Waals surface area contributed by atoms with E-state index < -0.39 is 0 Å². The van der Waals surface area contributed by atoms with E-state index in [1.807, 2.05) is 26.1 Å². The summed E-state index contributed by atoms with van der Waals surface area (Å²) in [6.07, 6.45) is 4.23. The Kier molecular flexibility index (Phi) is 21.2. The molecule has 2 aromatic heterocycles. The van der Waals surface area contributed by atoms with Crippen molar-refractivity contribution in [2.45, 2.75) is 81.1 Å². The summed E-state index contributed by atoms with van der Waals surface area (Å²) >= 11 is 2.59. The molecule has 324 valence electrons. The molecule has 0 aliphatic carbocycles. The highest BCUT2D eigenvalue weighted by atomic mass is 32.1. The van der Waals surface area contributed by atoms with Crippen LogP contribution in [-0.4, -0.2) is 98.4 Å². The van der Waals surface area contributed by atoms with Gasteiger partial charge in [-0.05, 0) is 96.4 Å². The van der Waals surface area contributed by atoms with Crippen LogP contribution in [0, 0.1) is 38.8 Å². The first-order valence-electron chi connectivity index (χ1n) is 20.7. The van der Waals surface area contributed by atoms with Crippen molar-refractivity contribution in [1.29, 1.82) is 0 Å². The third-order valence-corrected chi connectivity index (χ3v) is 11.3. The molecule has 2 aromatic carbocycles. The van der Waals surface area contributed by atoms with Crippen LogP contribution in [0.1, 0.15) is 98.0 Å². The number of thiazole rings is 2. The summed E-state index contributed by atoms with van der Waals surface area (Å²) in [6, 6.07) is 10.9. The van der Waals surface area contributed by atoms with E-state index in [0.717, 1.165) is 43.6 Å². The van der Waals surface area contributed by atoms with Gasteiger partial charge in [0.2, 0.25) is 11.4 Å².